The van der Waals surface area contributed by atoms with Crippen molar-refractivity contribution in [2.45, 2.75) is 50.9 Å². The first-order chi connectivity index (χ1) is 10.3. The molecule has 3 aliphatic carbocycles. The zero-order chi connectivity index (χ0) is 14.1. The predicted molar refractivity (Wildman–Crippen MR) is 82.7 cm³/mol. The Morgan fingerprint density at radius 1 is 1.33 bits per heavy atom. The van der Waals surface area contributed by atoms with Gasteiger partial charge in [-0.15, -0.1) is 11.3 Å². The van der Waals surface area contributed by atoms with Gasteiger partial charge in [0.2, 0.25) is 5.91 Å². The number of rotatable bonds is 3. The summed E-state index contributed by atoms with van der Waals surface area (Å²) in [7, 11) is 0. The molecule has 0 radical (unpaired) electrons. The normalized spacial score (nSPS) is 47.2. The van der Waals surface area contributed by atoms with Crippen molar-refractivity contribution in [1.82, 2.24) is 10.2 Å². The van der Waals surface area contributed by atoms with Crippen LogP contribution in [0, 0.1) is 23.7 Å². The lowest BCUT2D eigenvalue weighted by atomic mass is 10.0. The van der Waals surface area contributed by atoms with Crippen molar-refractivity contribution in [3.05, 3.63) is 22.4 Å². The fourth-order valence-corrected chi connectivity index (χ4v) is 6.36. The van der Waals surface area contributed by atoms with Gasteiger partial charge in [0.1, 0.15) is 6.17 Å². The minimum atomic E-state index is 0.0241. The third kappa shape index (κ3) is 1.61. The summed E-state index contributed by atoms with van der Waals surface area (Å²) in [5.74, 6) is 3.85. The molecule has 2 bridgehead atoms. The van der Waals surface area contributed by atoms with Gasteiger partial charge >= 0.3 is 0 Å². The highest BCUT2D eigenvalue weighted by molar-refractivity contribution is 7.10. The molecule has 1 amide bonds. The van der Waals surface area contributed by atoms with E-state index in [0.717, 1.165) is 30.1 Å². The lowest BCUT2D eigenvalue weighted by molar-refractivity contribution is -0.131. The molecule has 1 aliphatic heterocycles. The highest BCUT2D eigenvalue weighted by atomic mass is 32.1. The van der Waals surface area contributed by atoms with Gasteiger partial charge in [-0.3, -0.25) is 10.1 Å². The molecule has 1 saturated heterocycles. The Hall–Kier alpha value is -0.870. The maximum Gasteiger partial charge on any atom is 0.241 e. The van der Waals surface area contributed by atoms with Crippen molar-refractivity contribution in [1.29, 1.82) is 0 Å². The van der Waals surface area contributed by atoms with E-state index < -0.39 is 0 Å². The van der Waals surface area contributed by atoms with Crippen LogP contribution in [-0.4, -0.2) is 22.9 Å². The highest BCUT2D eigenvalue weighted by Gasteiger charge is 2.69. The molecule has 4 fully saturated rings. The molecule has 21 heavy (non-hydrogen) atoms. The molecule has 112 valence electrons. The molecule has 3 nitrogen and oxygen atoms in total. The second-order valence-corrected chi connectivity index (χ2v) is 8.25. The van der Waals surface area contributed by atoms with Crippen LogP contribution in [0.4, 0.5) is 0 Å². The number of carbonyl (C=O) groups excluding carboxylic acids is 1. The van der Waals surface area contributed by atoms with E-state index in [1.54, 1.807) is 11.3 Å². The number of thiophene rings is 1. The van der Waals surface area contributed by atoms with Crippen LogP contribution in [0.1, 0.15) is 43.6 Å². The molecule has 2 heterocycles. The highest BCUT2D eigenvalue weighted by Crippen LogP contribution is 2.68. The van der Waals surface area contributed by atoms with Crippen LogP contribution < -0.4 is 5.32 Å². The van der Waals surface area contributed by atoms with E-state index in [1.165, 1.54) is 24.1 Å². The minimum Gasteiger partial charge on any atom is -0.317 e. The number of nitrogens with one attached hydrogen (secondary N) is 1. The summed E-state index contributed by atoms with van der Waals surface area (Å²) in [6.45, 7) is 2.11. The summed E-state index contributed by atoms with van der Waals surface area (Å²) in [5, 5.41) is 5.71. The molecule has 0 aromatic carbocycles. The maximum absolute atomic E-state index is 12.9. The van der Waals surface area contributed by atoms with Gasteiger partial charge in [-0.2, -0.15) is 0 Å². The second-order valence-electron chi connectivity index (χ2n) is 7.27. The Bertz CT molecular complexity index is 555. The number of carbonyl (C=O) groups is 1. The fraction of sp³-hybridized carbons (Fsp3) is 0.706. The fourth-order valence-electron chi connectivity index (χ4n) is 5.58. The van der Waals surface area contributed by atoms with E-state index in [0.29, 0.717) is 11.9 Å². The molecule has 1 aromatic rings. The molecule has 6 unspecified atom stereocenters. The van der Waals surface area contributed by atoms with E-state index in [1.807, 2.05) is 0 Å². The average molecular weight is 302 g/mol. The second kappa shape index (κ2) is 4.32. The Morgan fingerprint density at radius 3 is 2.71 bits per heavy atom. The number of hydrogen-bond acceptors (Lipinski definition) is 3. The average Bonchev–Trinajstić information content (AvgIpc) is 3.02. The molecule has 6 atom stereocenters. The number of fused-ring (bicyclic) bond motifs is 5. The van der Waals surface area contributed by atoms with E-state index in [2.05, 4.69) is 34.7 Å². The monoisotopic (exact) mass is 302 g/mol. The first-order valence-corrected chi connectivity index (χ1v) is 9.29. The van der Waals surface area contributed by atoms with Crippen LogP contribution in [0.25, 0.3) is 0 Å². The van der Waals surface area contributed by atoms with Crippen LogP contribution >= 0.6 is 11.3 Å². The Morgan fingerprint density at radius 2 is 2.10 bits per heavy atom. The molecular weight excluding hydrogens is 280 g/mol. The predicted octanol–water partition coefficient (Wildman–Crippen LogP) is 3.00. The van der Waals surface area contributed by atoms with E-state index in [-0.39, 0.29) is 12.2 Å². The van der Waals surface area contributed by atoms with Crippen LogP contribution in [0.2, 0.25) is 0 Å². The smallest absolute Gasteiger partial charge is 0.241 e. The van der Waals surface area contributed by atoms with E-state index in [9.17, 15) is 4.79 Å². The minimum absolute atomic E-state index is 0.0241. The summed E-state index contributed by atoms with van der Waals surface area (Å²) < 4.78 is 0. The summed E-state index contributed by atoms with van der Waals surface area (Å²) in [4.78, 5) is 16.4. The number of hydrogen-bond donors (Lipinski definition) is 1. The molecule has 3 saturated carbocycles. The van der Waals surface area contributed by atoms with Gasteiger partial charge in [-0.25, -0.2) is 0 Å². The first kappa shape index (κ1) is 12.7. The Balaban J connectivity index is 1.47. The van der Waals surface area contributed by atoms with Crippen molar-refractivity contribution < 1.29 is 4.79 Å². The third-order valence-electron chi connectivity index (χ3n) is 6.43. The molecule has 5 rings (SSSR count). The van der Waals surface area contributed by atoms with Gasteiger partial charge in [-0.05, 0) is 60.8 Å². The molecule has 4 heteroatoms. The van der Waals surface area contributed by atoms with Crippen LogP contribution in [0.3, 0.4) is 0 Å². The lowest BCUT2D eigenvalue weighted by Crippen LogP contribution is -2.36. The maximum atomic E-state index is 12.9. The quantitative estimate of drug-likeness (QED) is 0.931. The van der Waals surface area contributed by atoms with Gasteiger partial charge < -0.3 is 4.90 Å². The Kier molecular flexibility index (Phi) is 2.61. The van der Waals surface area contributed by atoms with Crippen LogP contribution in [-0.2, 0) is 4.79 Å². The standard InChI is InChI=1S/C17H22N2OS/c1-2-11-17(20)19(16(18-11)12-4-3-7-21-12)15-13-9-5-6-10(8-9)14(13)15/h3-4,7,9-11,13-16,18H,2,5-6,8H2,1H3. The van der Waals surface area contributed by atoms with Gasteiger partial charge in [0, 0.05) is 10.9 Å². The van der Waals surface area contributed by atoms with Gasteiger partial charge in [0.15, 0.2) is 0 Å². The molecular formula is C17H22N2OS. The van der Waals surface area contributed by atoms with Crippen molar-refractivity contribution in [2.75, 3.05) is 0 Å². The summed E-state index contributed by atoms with van der Waals surface area (Å²) in [6.07, 6.45) is 5.31. The lowest BCUT2D eigenvalue weighted by Gasteiger charge is -2.26. The van der Waals surface area contributed by atoms with Gasteiger partial charge in [0.05, 0.1) is 6.04 Å². The molecule has 1 N–H and O–H groups in total. The summed E-state index contributed by atoms with van der Waals surface area (Å²) in [6, 6.07) is 4.84. The van der Waals surface area contributed by atoms with Crippen molar-refractivity contribution in [3.63, 3.8) is 0 Å². The van der Waals surface area contributed by atoms with Gasteiger partial charge in [0.25, 0.3) is 0 Å². The zero-order valence-electron chi connectivity index (χ0n) is 12.4. The van der Waals surface area contributed by atoms with Crippen molar-refractivity contribution in [3.8, 4) is 0 Å². The van der Waals surface area contributed by atoms with Gasteiger partial charge in [-0.1, -0.05) is 13.0 Å². The van der Waals surface area contributed by atoms with E-state index in [4.69, 9.17) is 0 Å². The largest absolute Gasteiger partial charge is 0.317 e. The van der Waals surface area contributed by atoms with Crippen molar-refractivity contribution in [2.24, 2.45) is 23.7 Å². The van der Waals surface area contributed by atoms with Crippen LogP contribution in [0.5, 0.6) is 0 Å². The number of nitrogens with zero attached hydrogens (tertiary/aromatic N) is 1. The first-order valence-electron chi connectivity index (χ1n) is 8.41. The molecule has 1 aromatic heterocycles. The Labute approximate surface area is 129 Å². The summed E-state index contributed by atoms with van der Waals surface area (Å²) >= 11 is 1.77. The summed E-state index contributed by atoms with van der Waals surface area (Å²) in [5.41, 5.74) is 0. The van der Waals surface area contributed by atoms with Crippen molar-refractivity contribution >= 4 is 17.2 Å². The van der Waals surface area contributed by atoms with E-state index >= 15 is 0 Å². The number of amides is 1. The third-order valence-corrected chi connectivity index (χ3v) is 7.35. The SMILES string of the molecule is CCC1NC(c2cccs2)N(C2C3C4CCC(C4)C32)C1=O. The molecule has 0 spiro atoms. The molecule has 4 aliphatic rings. The van der Waals surface area contributed by atoms with Crippen LogP contribution in [0.15, 0.2) is 17.5 Å². The topological polar surface area (TPSA) is 32.3 Å². The zero-order valence-corrected chi connectivity index (χ0v) is 13.2.